The number of hydrogen-bond donors (Lipinski definition) is 0. The molecule has 1 rings (SSSR count). The maximum Gasteiger partial charge on any atom is 0.144 e. The summed E-state index contributed by atoms with van der Waals surface area (Å²) in [4.78, 5) is 14.5. The zero-order valence-electron chi connectivity index (χ0n) is 10.6. The molecular formula is C13H19N3O. The molecule has 0 aromatic rings. The van der Waals surface area contributed by atoms with Crippen LogP contribution in [0.3, 0.4) is 0 Å². The van der Waals surface area contributed by atoms with Crippen molar-refractivity contribution in [3.8, 4) is 12.1 Å². The van der Waals surface area contributed by atoms with Gasteiger partial charge in [0.25, 0.3) is 0 Å². The number of rotatable bonds is 4. The smallest absolute Gasteiger partial charge is 0.144 e. The Morgan fingerprint density at radius 3 is 2.65 bits per heavy atom. The molecule has 2 unspecified atom stereocenters. The van der Waals surface area contributed by atoms with Gasteiger partial charge < -0.3 is 4.90 Å². The number of nitrogens with zero attached hydrogens (tertiary/aromatic N) is 3. The van der Waals surface area contributed by atoms with Crippen LogP contribution >= 0.6 is 0 Å². The molecule has 1 saturated heterocycles. The molecule has 1 heterocycles. The van der Waals surface area contributed by atoms with E-state index in [1.807, 2.05) is 14.0 Å². The first-order valence-electron chi connectivity index (χ1n) is 6.00. The average Bonchev–Trinajstić information content (AvgIpc) is 2.29. The zero-order chi connectivity index (χ0) is 12.9. The first kappa shape index (κ1) is 13.7. The molecule has 0 bridgehead atoms. The maximum absolute atomic E-state index is 12.4. The van der Waals surface area contributed by atoms with Gasteiger partial charge >= 0.3 is 0 Å². The van der Waals surface area contributed by atoms with E-state index in [0.29, 0.717) is 25.7 Å². The van der Waals surface area contributed by atoms with Gasteiger partial charge in [0.05, 0.1) is 12.1 Å². The van der Waals surface area contributed by atoms with E-state index >= 15 is 0 Å². The fourth-order valence-corrected chi connectivity index (χ4v) is 2.69. The standard InChI is InChI=1S/C13H19N3O/c1-13(6-4-8-15)10-16(2)9-11(12(13)17)5-3-7-14/h11H,3-6,9-10H2,1-2H3. The van der Waals surface area contributed by atoms with E-state index in [2.05, 4.69) is 17.0 Å². The van der Waals surface area contributed by atoms with Crippen LogP contribution in [0.2, 0.25) is 0 Å². The monoisotopic (exact) mass is 233 g/mol. The lowest BCUT2D eigenvalue weighted by Crippen LogP contribution is -2.51. The molecule has 4 heteroatoms. The summed E-state index contributed by atoms with van der Waals surface area (Å²) < 4.78 is 0. The van der Waals surface area contributed by atoms with Crippen molar-refractivity contribution in [2.45, 2.75) is 32.6 Å². The highest BCUT2D eigenvalue weighted by Gasteiger charge is 2.42. The van der Waals surface area contributed by atoms with Crippen LogP contribution < -0.4 is 0 Å². The summed E-state index contributed by atoms with van der Waals surface area (Å²) in [7, 11) is 2.00. The molecule has 0 radical (unpaired) electrons. The maximum atomic E-state index is 12.4. The average molecular weight is 233 g/mol. The molecule has 0 spiro atoms. The molecule has 17 heavy (non-hydrogen) atoms. The van der Waals surface area contributed by atoms with Gasteiger partial charge in [0, 0.05) is 37.3 Å². The molecule has 0 N–H and O–H groups in total. The number of piperidine rings is 1. The summed E-state index contributed by atoms with van der Waals surface area (Å²) in [5.74, 6) is 0.193. The summed E-state index contributed by atoms with van der Waals surface area (Å²) in [6.45, 7) is 3.40. The Hall–Kier alpha value is -1.39. The van der Waals surface area contributed by atoms with Gasteiger partial charge in [0.2, 0.25) is 0 Å². The highest BCUT2D eigenvalue weighted by Crippen LogP contribution is 2.34. The van der Waals surface area contributed by atoms with E-state index in [1.54, 1.807) is 0 Å². The Kier molecular flexibility index (Phi) is 4.66. The molecule has 0 saturated carbocycles. The minimum Gasteiger partial charge on any atom is -0.305 e. The van der Waals surface area contributed by atoms with E-state index in [-0.39, 0.29) is 11.7 Å². The van der Waals surface area contributed by atoms with Gasteiger partial charge in [0.1, 0.15) is 5.78 Å². The highest BCUT2D eigenvalue weighted by atomic mass is 16.1. The van der Waals surface area contributed by atoms with E-state index < -0.39 is 5.41 Å². The fraction of sp³-hybridized carbons (Fsp3) is 0.769. The molecular weight excluding hydrogens is 214 g/mol. The Morgan fingerprint density at radius 1 is 1.41 bits per heavy atom. The molecule has 0 aromatic heterocycles. The van der Waals surface area contributed by atoms with E-state index in [9.17, 15) is 4.79 Å². The quantitative estimate of drug-likeness (QED) is 0.741. The van der Waals surface area contributed by atoms with Gasteiger partial charge in [-0.1, -0.05) is 6.92 Å². The Balaban J connectivity index is 2.75. The number of carbonyl (C=O) groups excluding carboxylic acids is 1. The largest absolute Gasteiger partial charge is 0.305 e. The van der Waals surface area contributed by atoms with Gasteiger partial charge in [-0.05, 0) is 19.9 Å². The van der Waals surface area contributed by atoms with Crippen LogP contribution in [0.5, 0.6) is 0 Å². The zero-order valence-corrected chi connectivity index (χ0v) is 10.6. The third kappa shape index (κ3) is 3.28. The van der Waals surface area contributed by atoms with Crippen LogP contribution in [-0.4, -0.2) is 30.8 Å². The van der Waals surface area contributed by atoms with Crippen molar-refractivity contribution >= 4 is 5.78 Å². The number of hydrogen-bond acceptors (Lipinski definition) is 4. The number of likely N-dealkylation sites (tertiary alicyclic amines) is 1. The highest BCUT2D eigenvalue weighted by molar-refractivity contribution is 5.88. The molecule has 0 aliphatic carbocycles. The summed E-state index contributed by atoms with van der Waals surface area (Å²) in [5, 5.41) is 17.3. The second-order valence-electron chi connectivity index (χ2n) is 5.17. The third-order valence-electron chi connectivity index (χ3n) is 3.51. The van der Waals surface area contributed by atoms with Crippen LogP contribution in [0, 0.1) is 34.0 Å². The van der Waals surface area contributed by atoms with Gasteiger partial charge in [-0.15, -0.1) is 0 Å². The minimum absolute atomic E-state index is 0.0444. The van der Waals surface area contributed by atoms with Crippen molar-refractivity contribution in [2.75, 3.05) is 20.1 Å². The summed E-state index contributed by atoms with van der Waals surface area (Å²) in [6, 6.07) is 4.21. The van der Waals surface area contributed by atoms with E-state index in [4.69, 9.17) is 10.5 Å². The van der Waals surface area contributed by atoms with Crippen LogP contribution in [0.4, 0.5) is 0 Å². The molecule has 92 valence electrons. The number of nitriles is 2. The van der Waals surface area contributed by atoms with E-state index in [0.717, 1.165) is 13.1 Å². The van der Waals surface area contributed by atoms with Crippen molar-refractivity contribution in [3.05, 3.63) is 0 Å². The first-order chi connectivity index (χ1) is 8.03. The molecule has 0 amide bonds. The van der Waals surface area contributed by atoms with Crippen molar-refractivity contribution in [1.82, 2.24) is 4.90 Å². The van der Waals surface area contributed by atoms with Crippen LogP contribution in [0.25, 0.3) is 0 Å². The lowest BCUT2D eigenvalue weighted by molar-refractivity contribution is -0.138. The van der Waals surface area contributed by atoms with Gasteiger partial charge in [-0.25, -0.2) is 0 Å². The number of ketones is 1. The predicted molar refractivity (Wildman–Crippen MR) is 63.8 cm³/mol. The van der Waals surface area contributed by atoms with Crippen molar-refractivity contribution in [1.29, 1.82) is 10.5 Å². The fourth-order valence-electron chi connectivity index (χ4n) is 2.69. The van der Waals surface area contributed by atoms with Crippen molar-refractivity contribution < 1.29 is 4.79 Å². The first-order valence-corrected chi connectivity index (χ1v) is 6.00. The van der Waals surface area contributed by atoms with Crippen molar-refractivity contribution in [2.24, 2.45) is 11.3 Å². The summed E-state index contributed by atoms with van der Waals surface area (Å²) in [5.41, 5.74) is -0.414. The SMILES string of the molecule is CN1CC(CCC#N)C(=O)C(C)(CCC#N)C1. The molecule has 1 aliphatic rings. The third-order valence-corrected chi connectivity index (χ3v) is 3.51. The Labute approximate surface area is 103 Å². The second-order valence-corrected chi connectivity index (χ2v) is 5.17. The van der Waals surface area contributed by atoms with Crippen molar-refractivity contribution in [3.63, 3.8) is 0 Å². The summed E-state index contributed by atoms with van der Waals surface area (Å²) >= 11 is 0. The molecule has 4 nitrogen and oxygen atoms in total. The Bertz CT molecular complexity index is 366. The Morgan fingerprint density at radius 2 is 2.06 bits per heavy atom. The normalized spacial score (nSPS) is 29.6. The topological polar surface area (TPSA) is 67.9 Å². The number of carbonyl (C=O) groups is 1. The minimum atomic E-state index is -0.414. The van der Waals surface area contributed by atoms with Gasteiger partial charge in [-0.2, -0.15) is 10.5 Å². The second kappa shape index (κ2) is 5.80. The van der Waals surface area contributed by atoms with Crippen LogP contribution in [0.1, 0.15) is 32.6 Å². The molecule has 1 aliphatic heterocycles. The van der Waals surface area contributed by atoms with Gasteiger partial charge in [-0.3, -0.25) is 4.79 Å². The molecule has 0 aromatic carbocycles. The summed E-state index contributed by atoms with van der Waals surface area (Å²) in [6.07, 6.45) is 2.11. The number of Topliss-reactive ketones (excluding diaryl/α,β-unsaturated/α-hetero) is 1. The molecule has 1 fully saturated rings. The van der Waals surface area contributed by atoms with Gasteiger partial charge in [0.15, 0.2) is 0 Å². The lowest BCUT2D eigenvalue weighted by atomic mass is 9.72. The van der Waals surface area contributed by atoms with Crippen LogP contribution in [-0.2, 0) is 4.79 Å². The lowest BCUT2D eigenvalue weighted by Gasteiger charge is -2.41. The molecule has 2 atom stereocenters. The predicted octanol–water partition coefficient (Wildman–Crippen LogP) is 1.73. The van der Waals surface area contributed by atoms with Crippen LogP contribution in [0.15, 0.2) is 0 Å². The van der Waals surface area contributed by atoms with E-state index in [1.165, 1.54) is 0 Å².